The van der Waals surface area contributed by atoms with Crippen LogP contribution in [0, 0.1) is 0 Å². The molecule has 210 valence electrons. The highest BCUT2D eigenvalue weighted by molar-refractivity contribution is 7.48. The summed E-state index contributed by atoms with van der Waals surface area (Å²) >= 11 is 0. The second-order valence-electron chi connectivity index (χ2n) is 8.29. The first-order valence-corrected chi connectivity index (χ1v) is 12.4. The van der Waals surface area contributed by atoms with Gasteiger partial charge in [0.15, 0.2) is 12.5 Å². The lowest BCUT2D eigenvalue weighted by Gasteiger charge is -2.25. The van der Waals surface area contributed by atoms with Crippen LogP contribution in [0.25, 0.3) is 0 Å². The second kappa shape index (κ2) is 11.1. The van der Waals surface area contributed by atoms with E-state index in [1.165, 1.54) is 24.5 Å². The van der Waals surface area contributed by atoms with Crippen molar-refractivity contribution in [1.29, 1.82) is 0 Å². The summed E-state index contributed by atoms with van der Waals surface area (Å²) in [5, 5.41) is 41.1. The molecule has 2 aliphatic rings. The van der Waals surface area contributed by atoms with Crippen LogP contribution in [0.4, 0.5) is 11.6 Å². The third-order valence-corrected chi connectivity index (χ3v) is 7.08. The lowest BCUT2D eigenvalue weighted by atomic mass is 10.1. The third kappa shape index (κ3) is 5.48. The van der Waals surface area contributed by atoms with E-state index in [0.29, 0.717) is 0 Å². The van der Waals surface area contributed by atoms with Crippen molar-refractivity contribution in [2.75, 3.05) is 24.7 Å². The van der Waals surface area contributed by atoms with E-state index in [-0.39, 0.29) is 11.6 Å². The number of nitrogen functional groups attached to an aromatic ring is 2. The molecule has 4 rings (SSSR count). The minimum absolute atomic E-state index is 0.0728. The molecule has 0 unspecified atom stereocenters. The standard InChI is InChI=1S/C18H26N7O12P/c19-9-1-3-24(17(30)22-9)15-12(28)11(27)8(35-15)6-33-38(32,37-21)36-14-7(5-26)34-16(13(14)29)25-4-2-10(20)23-18(25)31/h1-4,7-8,11-16,26-29H,5-6,21H2,(H2,19,22,30)(H2,20,23,31)/t7-,8+,11-,12-,13+,14+,15+,16-,38-/m1/s1. The van der Waals surface area contributed by atoms with Gasteiger partial charge in [-0.3, -0.25) is 18.2 Å². The fraction of sp³-hybridized carbons (Fsp3) is 0.556. The summed E-state index contributed by atoms with van der Waals surface area (Å²) < 4.78 is 40.5. The molecule has 2 aromatic rings. The number of aliphatic hydroxyl groups excluding tert-OH is 4. The van der Waals surface area contributed by atoms with Gasteiger partial charge in [0, 0.05) is 12.4 Å². The maximum atomic E-state index is 13.1. The average Bonchev–Trinajstić information content (AvgIpc) is 3.33. The molecule has 0 aromatic carbocycles. The van der Waals surface area contributed by atoms with E-state index >= 15 is 0 Å². The van der Waals surface area contributed by atoms with Crippen LogP contribution in [0.1, 0.15) is 12.5 Å². The number of ether oxygens (including phenoxy) is 2. The monoisotopic (exact) mass is 563 g/mol. The van der Waals surface area contributed by atoms with Gasteiger partial charge in [0.05, 0.1) is 13.2 Å². The molecule has 9 atom stereocenters. The molecule has 0 radical (unpaired) electrons. The highest BCUT2D eigenvalue weighted by Gasteiger charge is 2.51. The first-order chi connectivity index (χ1) is 18.0. The molecular formula is C18H26N7O12P. The highest BCUT2D eigenvalue weighted by Crippen LogP contribution is 2.52. The van der Waals surface area contributed by atoms with Crippen molar-refractivity contribution in [1.82, 2.24) is 19.1 Å². The van der Waals surface area contributed by atoms with Crippen LogP contribution in [-0.4, -0.2) is 89.4 Å². The predicted molar refractivity (Wildman–Crippen MR) is 122 cm³/mol. The van der Waals surface area contributed by atoms with Crippen LogP contribution in [0.15, 0.2) is 34.1 Å². The van der Waals surface area contributed by atoms with E-state index in [2.05, 4.69) is 14.6 Å². The molecule has 38 heavy (non-hydrogen) atoms. The first kappa shape index (κ1) is 28.2. The number of rotatable bonds is 9. The van der Waals surface area contributed by atoms with E-state index in [1.54, 1.807) is 0 Å². The maximum Gasteiger partial charge on any atom is 0.491 e. The Balaban J connectivity index is 1.46. The minimum atomic E-state index is -4.75. The molecule has 20 heteroatoms. The fourth-order valence-corrected chi connectivity index (χ4v) is 5.02. The van der Waals surface area contributed by atoms with Gasteiger partial charge < -0.3 is 41.4 Å². The van der Waals surface area contributed by atoms with Gasteiger partial charge in [-0.15, -0.1) is 0 Å². The summed E-state index contributed by atoms with van der Waals surface area (Å²) in [4.78, 5) is 31.3. The second-order valence-corrected chi connectivity index (χ2v) is 9.86. The summed E-state index contributed by atoms with van der Waals surface area (Å²) in [6, 6.07) is 2.53. The lowest BCUT2D eigenvalue weighted by molar-refractivity contribution is -0.0636. The quantitative estimate of drug-likeness (QED) is 0.113. The van der Waals surface area contributed by atoms with Gasteiger partial charge in [-0.1, -0.05) is 0 Å². The van der Waals surface area contributed by atoms with Crippen molar-refractivity contribution in [2.45, 2.75) is 49.1 Å². The highest BCUT2D eigenvalue weighted by atomic mass is 31.2. The minimum Gasteiger partial charge on any atom is -0.394 e. The van der Waals surface area contributed by atoms with Crippen molar-refractivity contribution in [3.05, 3.63) is 45.5 Å². The van der Waals surface area contributed by atoms with Gasteiger partial charge in [0.2, 0.25) is 0 Å². The van der Waals surface area contributed by atoms with Crippen LogP contribution in [0.5, 0.6) is 0 Å². The van der Waals surface area contributed by atoms with Crippen LogP contribution >= 0.6 is 7.82 Å². The molecule has 0 spiro atoms. The topological polar surface area (TPSA) is 292 Å². The van der Waals surface area contributed by atoms with E-state index in [4.69, 9.17) is 35.9 Å². The number of phosphoric ester groups is 1. The maximum absolute atomic E-state index is 13.1. The fourth-order valence-electron chi connectivity index (χ4n) is 3.96. The molecule has 0 saturated carbocycles. The molecule has 2 aromatic heterocycles. The Morgan fingerprint density at radius 3 is 1.95 bits per heavy atom. The van der Waals surface area contributed by atoms with Gasteiger partial charge >= 0.3 is 19.2 Å². The molecule has 2 saturated heterocycles. The van der Waals surface area contributed by atoms with Crippen LogP contribution in [0.3, 0.4) is 0 Å². The molecule has 10 N–H and O–H groups in total. The number of aromatic nitrogens is 4. The number of aliphatic hydroxyl groups is 4. The predicted octanol–water partition coefficient (Wildman–Crippen LogP) is -4.07. The van der Waals surface area contributed by atoms with Crippen molar-refractivity contribution >= 4 is 19.5 Å². The van der Waals surface area contributed by atoms with Crippen molar-refractivity contribution in [2.24, 2.45) is 5.90 Å². The Kier molecular flexibility index (Phi) is 8.26. The van der Waals surface area contributed by atoms with E-state index < -0.39 is 81.5 Å². The largest absolute Gasteiger partial charge is 0.491 e. The first-order valence-electron chi connectivity index (χ1n) is 10.9. The van der Waals surface area contributed by atoms with Crippen LogP contribution < -0.4 is 28.7 Å². The Hall–Kier alpha value is -2.81. The van der Waals surface area contributed by atoms with Gasteiger partial charge in [-0.05, 0) is 12.1 Å². The molecule has 0 bridgehead atoms. The van der Waals surface area contributed by atoms with E-state index in [0.717, 1.165) is 9.13 Å². The number of nitrogens with zero attached hydrogens (tertiary/aromatic N) is 4. The van der Waals surface area contributed by atoms with Gasteiger partial charge in [0.1, 0.15) is 48.3 Å². The molecule has 0 amide bonds. The van der Waals surface area contributed by atoms with Gasteiger partial charge in [-0.25, -0.2) is 24.7 Å². The summed E-state index contributed by atoms with van der Waals surface area (Å²) in [6.45, 7) is -1.48. The molecule has 2 aliphatic heterocycles. The van der Waals surface area contributed by atoms with E-state index in [1.807, 2.05) is 0 Å². The molecule has 2 fully saturated rings. The zero-order valence-corrected chi connectivity index (χ0v) is 20.3. The van der Waals surface area contributed by atoms with E-state index in [9.17, 15) is 34.6 Å². The Bertz CT molecular complexity index is 1310. The Morgan fingerprint density at radius 2 is 1.45 bits per heavy atom. The smallest absolute Gasteiger partial charge is 0.394 e. The summed E-state index contributed by atoms with van der Waals surface area (Å²) in [5.41, 5.74) is 9.16. The third-order valence-electron chi connectivity index (χ3n) is 5.85. The SMILES string of the molecule is NO[P@](=O)(OC[C@@H]1O[C@H](n2ccc(N)nc2=O)[C@H](O)[C@@H]1O)O[C@@H]1[C@H](O)[C@H](n2ccc(N)nc2=O)O[C@@H]1CO. The zero-order chi connectivity index (χ0) is 27.8. The van der Waals surface area contributed by atoms with Gasteiger partial charge in [0.25, 0.3) is 0 Å². The van der Waals surface area contributed by atoms with Crippen molar-refractivity contribution in [3.63, 3.8) is 0 Å². The Morgan fingerprint density at radius 1 is 0.921 bits per heavy atom. The molecule has 4 heterocycles. The number of hydrogen-bond acceptors (Lipinski definition) is 17. The number of nitrogens with two attached hydrogens (primary N) is 3. The molecule has 19 nitrogen and oxygen atoms in total. The van der Waals surface area contributed by atoms with Gasteiger partial charge in [-0.2, -0.15) is 9.97 Å². The summed E-state index contributed by atoms with van der Waals surface area (Å²) in [5.74, 6) is 4.95. The number of hydrogen-bond donors (Lipinski definition) is 7. The lowest BCUT2D eigenvalue weighted by Crippen LogP contribution is -2.38. The Labute approximate surface area is 212 Å². The number of phosphoric acid groups is 1. The molecule has 0 aliphatic carbocycles. The van der Waals surface area contributed by atoms with Crippen LogP contribution in [0.2, 0.25) is 0 Å². The van der Waals surface area contributed by atoms with Crippen molar-refractivity contribution < 1.29 is 48.1 Å². The average molecular weight is 563 g/mol. The summed E-state index contributed by atoms with van der Waals surface area (Å²) in [6.07, 6.45) is -9.66. The zero-order valence-electron chi connectivity index (χ0n) is 19.4. The number of anilines is 2. The van der Waals surface area contributed by atoms with Crippen LogP contribution in [-0.2, 0) is 27.7 Å². The summed E-state index contributed by atoms with van der Waals surface area (Å²) in [7, 11) is -4.75. The molecular weight excluding hydrogens is 537 g/mol. The normalized spacial score (nSPS) is 32.9. The van der Waals surface area contributed by atoms with Crippen molar-refractivity contribution in [3.8, 4) is 0 Å².